The van der Waals surface area contributed by atoms with E-state index in [1.54, 1.807) is 6.07 Å². The third-order valence-corrected chi connectivity index (χ3v) is 4.19. The SMILES string of the molecule is NCc1ccccc1-c1ccc(O)c(O)c1-c1ccccc1CN. The zero-order chi connectivity index (χ0) is 17.1. The standard InChI is InChI=1S/C20H20N2O2/c21-11-13-5-1-3-7-15(13)17-9-10-18(23)20(24)19(17)16-8-4-2-6-14(16)12-22/h1-10,23-24H,11-12,21-22H2. The van der Waals surface area contributed by atoms with Crippen molar-refractivity contribution in [3.8, 4) is 33.8 Å². The van der Waals surface area contributed by atoms with E-state index < -0.39 is 0 Å². The second-order valence-electron chi connectivity index (χ2n) is 5.58. The van der Waals surface area contributed by atoms with Gasteiger partial charge in [-0.15, -0.1) is 0 Å². The maximum Gasteiger partial charge on any atom is 0.166 e. The van der Waals surface area contributed by atoms with Crippen molar-refractivity contribution in [1.82, 2.24) is 0 Å². The van der Waals surface area contributed by atoms with Gasteiger partial charge in [0.25, 0.3) is 0 Å². The van der Waals surface area contributed by atoms with Crippen molar-refractivity contribution in [2.45, 2.75) is 13.1 Å². The van der Waals surface area contributed by atoms with Crippen LogP contribution in [0.5, 0.6) is 11.5 Å². The fraction of sp³-hybridized carbons (Fsp3) is 0.100. The molecule has 0 aliphatic carbocycles. The quantitative estimate of drug-likeness (QED) is 0.555. The van der Waals surface area contributed by atoms with Gasteiger partial charge in [-0.3, -0.25) is 0 Å². The molecule has 0 spiro atoms. The highest BCUT2D eigenvalue weighted by Gasteiger charge is 2.19. The first kappa shape index (κ1) is 16.1. The first-order valence-corrected chi connectivity index (χ1v) is 7.79. The van der Waals surface area contributed by atoms with Gasteiger partial charge in [0, 0.05) is 18.7 Å². The molecule has 0 aromatic heterocycles. The largest absolute Gasteiger partial charge is 0.504 e. The van der Waals surface area contributed by atoms with E-state index >= 15 is 0 Å². The van der Waals surface area contributed by atoms with Crippen LogP contribution >= 0.6 is 0 Å². The number of aromatic hydroxyl groups is 2. The molecule has 24 heavy (non-hydrogen) atoms. The highest BCUT2D eigenvalue weighted by Crippen LogP contribution is 2.45. The van der Waals surface area contributed by atoms with E-state index in [2.05, 4.69) is 0 Å². The van der Waals surface area contributed by atoms with Crippen LogP contribution in [0.4, 0.5) is 0 Å². The third-order valence-electron chi connectivity index (χ3n) is 4.19. The second kappa shape index (κ2) is 6.74. The van der Waals surface area contributed by atoms with Crippen LogP contribution < -0.4 is 11.5 Å². The minimum absolute atomic E-state index is 0.153. The summed E-state index contributed by atoms with van der Waals surface area (Å²) >= 11 is 0. The van der Waals surface area contributed by atoms with Gasteiger partial charge in [0.05, 0.1) is 0 Å². The van der Waals surface area contributed by atoms with Crippen LogP contribution in [0.2, 0.25) is 0 Å². The van der Waals surface area contributed by atoms with Gasteiger partial charge < -0.3 is 21.7 Å². The van der Waals surface area contributed by atoms with Crippen molar-refractivity contribution < 1.29 is 10.2 Å². The molecule has 3 aromatic carbocycles. The van der Waals surface area contributed by atoms with Crippen LogP contribution in [-0.4, -0.2) is 10.2 Å². The molecule has 122 valence electrons. The number of rotatable bonds is 4. The predicted molar refractivity (Wildman–Crippen MR) is 96.4 cm³/mol. The summed E-state index contributed by atoms with van der Waals surface area (Å²) in [5.41, 5.74) is 16.7. The lowest BCUT2D eigenvalue weighted by atomic mass is 9.89. The van der Waals surface area contributed by atoms with Gasteiger partial charge >= 0.3 is 0 Å². The first-order valence-electron chi connectivity index (χ1n) is 7.79. The molecule has 0 radical (unpaired) electrons. The Morgan fingerprint density at radius 2 is 1.17 bits per heavy atom. The Labute approximate surface area is 141 Å². The molecule has 4 heteroatoms. The molecule has 3 aromatic rings. The Hall–Kier alpha value is -2.82. The summed E-state index contributed by atoms with van der Waals surface area (Å²) in [5, 5.41) is 20.6. The van der Waals surface area contributed by atoms with Crippen LogP contribution in [0, 0.1) is 0 Å². The van der Waals surface area contributed by atoms with Crippen molar-refractivity contribution in [2.75, 3.05) is 0 Å². The highest BCUT2D eigenvalue weighted by atomic mass is 16.3. The Balaban J connectivity index is 2.35. The van der Waals surface area contributed by atoms with Crippen LogP contribution in [-0.2, 0) is 13.1 Å². The van der Waals surface area contributed by atoms with E-state index in [-0.39, 0.29) is 11.5 Å². The summed E-state index contributed by atoms with van der Waals surface area (Å²) < 4.78 is 0. The number of nitrogens with two attached hydrogens (primary N) is 2. The maximum absolute atomic E-state index is 10.6. The minimum Gasteiger partial charge on any atom is -0.504 e. The first-order chi connectivity index (χ1) is 11.7. The van der Waals surface area contributed by atoms with Crippen molar-refractivity contribution in [3.63, 3.8) is 0 Å². The third kappa shape index (κ3) is 2.73. The van der Waals surface area contributed by atoms with Crippen LogP contribution in [0.1, 0.15) is 11.1 Å². The van der Waals surface area contributed by atoms with E-state index in [4.69, 9.17) is 11.5 Å². The lowest BCUT2D eigenvalue weighted by Crippen LogP contribution is -2.02. The van der Waals surface area contributed by atoms with Gasteiger partial charge in [0.15, 0.2) is 11.5 Å². The second-order valence-corrected chi connectivity index (χ2v) is 5.58. The Morgan fingerprint density at radius 3 is 1.79 bits per heavy atom. The fourth-order valence-corrected chi connectivity index (χ4v) is 2.98. The molecule has 0 heterocycles. The maximum atomic E-state index is 10.6. The summed E-state index contributed by atoms with van der Waals surface area (Å²) in [6.07, 6.45) is 0. The molecule has 0 fully saturated rings. The average molecular weight is 320 g/mol. The van der Waals surface area contributed by atoms with Crippen molar-refractivity contribution in [3.05, 3.63) is 71.8 Å². The van der Waals surface area contributed by atoms with Gasteiger partial charge in [0.2, 0.25) is 0 Å². The molecular weight excluding hydrogens is 300 g/mol. The van der Waals surface area contributed by atoms with E-state index in [1.807, 2.05) is 48.5 Å². The highest BCUT2D eigenvalue weighted by molar-refractivity contribution is 5.91. The van der Waals surface area contributed by atoms with Crippen molar-refractivity contribution in [1.29, 1.82) is 0 Å². The van der Waals surface area contributed by atoms with Crippen LogP contribution in [0.15, 0.2) is 60.7 Å². The number of phenolic OH excluding ortho intramolecular Hbond substituents is 2. The van der Waals surface area contributed by atoms with Gasteiger partial charge in [-0.1, -0.05) is 48.5 Å². The minimum atomic E-state index is -0.161. The zero-order valence-electron chi connectivity index (χ0n) is 13.2. The van der Waals surface area contributed by atoms with Crippen LogP contribution in [0.25, 0.3) is 22.3 Å². The molecule has 0 saturated heterocycles. The Morgan fingerprint density at radius 1 is 0.625 bits per heavy atom. The van der Waals surface area contributed by atoms with E-state index in [0.29, 0.717) is 18.7 Å². The molecule has 3 rings (SSSR count). The van der Waals surface area contributed by atoms with E-state index in [9.17, 15) is 10.2 Å². The predicted octanol–water partition coefficient (Wildman–Crippen LogP) is 3.35. The fourth-order valence-electron chi connectivity index (χ4n) is 2.98. The molecular formula is C20H20N2O2. The number of hydrogen-bond donors (Lipinski definition) is 4. The lowest BCUT2D eigenvalue weighted by molar-refractivity contribution is 0.405. The van der Waals surface area contributed by atoms with Crippen molar-refractivity contribution >= 4 is 0 Å². The van der Waals surface area contributed by atoms with Crippen molar-refractivity contribution in [2.24, 2.45) is 11.5 Å². The molecule has 0 aliphatic heterocycles. The Bertz CT molecular complexity index is 875. The zero-order valence-corrected chi connectivity index (χ0v) is 13.2. The molecule has 4 nitrogen and oxygen atoms in total. The molecule has 0 saturated carbocycles. The molecule has 0 bridgehead atoms. The smallest absolute Gasteiger partial charge is 0.166 e. The summed E-state index contributed by atoms with van der Waals surface area (Å²) in [7, 11) is 0. The van der Waals surface area contributed by atoms with Gasteiger partial charge in [-0.2, -0.15) is 0 Å². The molecule has 0 aliphatic rings. The summed E-state index contributed by atoms with van der Waals surface area (Å²) in [6.45, 7) is 0.721. The monoisotopic (exact) mass is 320 g/mol. The Kier molecular flexibility index (Phi) is 4.51. The van der Waals surface area contributed by atoms with Gasteiger partial charge in [0.1, 0.15) is 0 Å². The number of hydrogen-bond acceptors (Lipinski definition) is 4. The molecule has 0 unspecified atom stereocenters. The lowest BCUT2D eigenvalue weighted by Gasteiger charge is -2.17. The normalized spacial score (nSPS) is 10.8. The summed E-state index contributed by atoms with van der Waals surface area (Å²) in [4.78, 5) is 0. The molecule has 6 N–H and O–H groups in total. The number of benzene rings is 3. The van der Waals surface area contributed by atoms with E-state index in [1.165, 1.54) is 6.07 Å². The van der Waals surface area contributed by atoms with Crippen LogP contribution in [0.3, 0.4) is 0 Å². The average Bonchev–Trinajstić information content (AvgIpc) is 2.64. The summed E-state index contributed by atoms with van der Waals surface area (Å²) in [5.74, 6) is -0.314. The topological polar surface area (TPSA) is 92.5 Å². The van der Waals surface area contributed by atoms with Gasteiger partial charge in [-0.25, -0.2) is 0 Å². The summed E-state index contributed by atoms with van der Waals surface area (Å²) in [6, 6.07) is 18.7. The number of phenols is 2. The molecule has 0 atom stereocenters. The van der Waals surface area contributed by atoms with E-state index in [0.717, 1.165) is 27.8 Å². The van der Waals surface area contributed by atoms with Gasteiger partial charge in [-0.05, 0) is 39.9 Å². The molecule has 0 amide bonds.